The van der Waals surface area contributed by atoms with Crippen LogP contribution in [0.3, 0.4) is 0 Å². The monoisotopic (exact) mass is 520 g/mol. The van der Waals surface area contributed by atoms with E-state index in [4.69, 9.17) is 0 Å². The molecule has 2 amide bonds. The molecule has 2 aliphatic rings. The van der Waals surface area contributed by atoms with Crippen molar-refractivity contribution in [1.29, 1.82) is 0 Å². The summed E-state index contributed by atoms with van der Waals surface area (Å²) in [6, 6.07) is 11.7. The molecule has 0 bridgehead atoms. The van der Waals surface area contributed by atoms with Crippen LogP contribution in [0, 0.1) is 13.8 Å². The van der Waals surface area contributed by atoms with Gasteiger partial charge in [0, 0.05) is 71.2 Å². The highest BCUT2D eigenvalue weighted by molar-refractivity contribution is 6.07. The maximum atomic E-state index is 12.3. The maximum Gasteiger partial charge on any atom is 0.236 e. The first-order valence-electron chi connectivity index (χ1n) is 12.9. The number of aromatic nitrogens is 4. The molecule has 1 N–H and O–H groups in total. The SMILES string of the molecule is Cc1cc(-c2cc3c(cn2)C(C)(C)C(=O)N3)ccn1.Cc1cc(-c2cc3c(cn2)C(C)(C)C(=O)N3C)ccn1. The summed E-state index contributed by atoms with van der Waals surface area (Å²) in [5.41, 5.74) is 8.38. The Morgan fingerprint density at radius 2 is 1.26 bits per heavy atom. The number of nitrogens with zero attached hydrogens (tertiary/aromatic N) is 5. The van der Waals surface area contributed by atoms with E-state index in [9.17, 15) is 9.59 Å². The normalized spacial score (nSPS) is 16.2. The van der Waals surface area contributed by atoms with Gasteiger partial charge in [-0.1, -0.05) is 0 Å². The van der Waals surface area contributed by atoms with Gasteiger partial charge < -0.3 is 10.2 Å². The lowest BCUT2D eigenvalue weighted by Gasteiger charge is -2.15. The largest absolute Gasteiger partial charge is 0.325 e. The van der Waals surface area contributed by atoms with Gasteiger partial charge >= 0.3 is 0 Å². The minimum absolute atomic E-state index is 0.0207. The zero-order chi connectivity index (χ0) is 28.1. The Balaban J connectivity index is 0.000000158. The number of carbonyl (C=O) groups excluding carboxylic acids is 2. The van der Waals surface area contributed by atoms with Gasteiger partial charge in [-0.25, -0.2) is 0 Å². The van der Waals surface area contributed by atoms with Crippen molar-refractivity contribution in [1.82, 2.24) is 19.9 Å². The average Bonchev–Trinajstić information content (AvgIpc) is 3.24. The van der Waals surface area contributed by atoms with Crippen molar-refractivity contribution in [2.24, 2.45) is 0 Å². The molecule has 0 radical (unpaired) electrons. The van der Waals surface area contributed by atoms with Crippen molar-refractivity contribution in [3.8, 4) is 22.5 Å². The molecule has 39 heavy (non-hydrogen) atoms. The fourth-order valence-corrected chi connectivity index (χ4v) is 5.03. The van der Waals surface area contributed by atoms with E-state index in [-0.39, 0.29) is 11.8 Å². The Bertz CT molecular complexity index is 1630. The van der Waals surface area contributed by atoms with Crippen molar-refractivity contribution in [2.75, 3.05) is 17.3 Å². The van der Waals surface area contributed by atoms with E-state index in [1.54, 1.807) is 23.5 Å². The van der Waals surface area contributed by atoms with Crippen molar-refractivity contribution >= 4 is 23.2 Å². The van der Waals surface area contributed by atoms with Gasteiger partial charge in [-0.2, -0.15) is 0 Å². The number of aryl methyl sites for hydroxylation is 2. The number of hydrogen-bond donors (Lipinski definition) is 1. The number of likely N-dealkylation sites (N-methyl/N-ethyl adjacent to an activating group) is 1. The molecule has 198 valence electrons. The molecule has 0 unspecified atom stereocenters. The lowest BCUT2D eigenvalue weighted by Crippen LogP contribution is -2.33. The molecular weight excluding hydrogens is 488 g/mol. The molecule has 0 atom stereocenters. The Hall–Kier alpha value is -4.46. The second kappa shape index (κ2) is 9.38. The van der Waals surface area contributed by atoms with Crippen molar-refractivity contribution < 1.29 is 9.59 Å². The number of amides is 2. The third-order valence-corrected chi connectivity index (χ3v) is 7.53. The number of anilines is 2. The van der Waals surface area contributed by atoms with Gasteiger partial charge in [-0.15, -0.1) is 0 Å². The number of rotatable bonds is 2. The van der Waals surface area contributed by atoms with E-state index in [1.165, 1.54) is 0 Å². The van der Waals surface area contributed by atoms with Crippen molar-refractivity contribution in [3.05, 3.63) is 83.7 Å². The Morgan fingerprint density at radius 1 is 0.718 bits per heavy atom. The van der Waals surface area contributed by atoms with Crippen LogP contribution < -0.4 is 10.2 Å². The average molecular weight is 521 g/mol. The predicted octanol–water partition coefficient (Wildman–Crippen LogP) is 5.39. The van der Waals surface area contributed by atoms with Gasteiger partial charge in [0.05, 0.1) is 27.9 Å². The van der Waals surface area contributed by atoms with Gasteiger partial charge in [-0.05, 0) is 77.9 Å². The van der Waals surface area contributed by atoms with Crippen LogP contribution >= 0.6 is 0 Å². The molecule has 0 fully saturated rings. The van der Waals surface area contributed by atoms with Gasteiger partial charge in [-0.3, -0.25) is 29.5 Å². The summed E-state index contributed by atoms with van der Waals surface area (Å²) < 4.78 is 0. The highest BCUT2D eigenvalue weighted by atomic mass is 16.2. The molecule has 6 heterocycles. The molecule has 8 nitrogen and oxygen atoms in total. The molecule has 0 aromatic carbocycles. The highest BCUT2D eigenvalue weighted by Crippen LogP contribution is 2.41. The Kier molecular flexibility index (Phi) is 6.29. The number of hydrogen-bond acceptors (Lipinski definition) is 6. The number of carbonyl (C=O) groups is 2. The predicted molar refractivity (Wildman–Crippen MR) is 153 cm³/mol. The smallest absolute Gasteiger partial charge is 0.236 e. The van der Waals surface area contributed by atoms with E-state index in [1.807, 2.05) is 91.2 Å². The summed E-state index contributed by atoms with van der Waals surface area (Å²) in [6.07, 6.45) is 7.15. The first kappa shape index (κ1) is 26.2. The van der Waals surface area contributed by atoms with Crippen LogP contribution in [0.4, 0.5) is 11.4 Å². The number of fused-ring (bicyclic) bond motifs is 2. The quantitative estimate of drug-likeness (QED) is 0.380. The van der Waals surface area contributed by atoms with E-state index < -0.39 is 10.8 Å². The second-order valence-electron chi connectivity index (χ2n) is 11.1. The molecule has 0 spiro atoms. The first-order valence-corrected chi connectivity index (χ1v) is 12.9. The van der Waals surface area contributed by atoms with Crippen LogP contribution in [-0.2, 0) is 20.4 Å². The summed E-state index contributed by atoms with van der Waals surface area (Å²) in [7, 11) is 1.82. The maximum absolute atomic E-state index is 12.3. The molecule has 0 aliphatic carbocycles. The van der Waals surface area contributed by atoms with Gasteiger partial charge in [0.25, 0.3) is 0 Å². The van der Waals surface area contributed by atoms with Crippen LogP contribution in [0.1, 0.15) is 50.2 Å². The van der Waals surface area contributed by atoms with E-state index >= 15 is 0 Å². The highest BCUT2D eigenvalue weighted by Gasteiger charge is 2.42. The Labute approximate surface area is 228 Å². The summed E-state index contributed by atoms with van der Waals surface area (Å²) in [6.45, 7) is 11.6. The van der Waals surface area contributed by atoms with Gasteiger partial charge in [0.2, 0.25) is 11.8 Å². The summed E-state index contributed by atoms with van der Waals surface area (Å²) >= 11 is 0. The van der Waals surface area contributed by atoms with E-state index in [2.05, 4.69) is 25.3 Å². The molecular formula is C31H32N6O2. The minimum atomic E-state index is -0.505. The number of nitrogens with one attached hydrogen (secondary N) is 1. The van der Waals surface area contributed by atoms with Gasteiger partial charge in [0.1, 0.15) is 0 Å². The van der Waals surface area contributed by atoms with Crippen LogP contribution in [-0.4, -0.2) is 38.8 Å². The standard InChI is InChI=1S/C16H17N3O.C15H15N3O/c1-10-7-11(5-6-17-10)13-8-14-12(9-18-13)16(2,3)15(20)19(14)4;1-9-6-10(4-5-16-9)12-7-13-11(8-17-12)15(2,3)14(19)18-13/h5-9H,1-4H3;4-8H,1-3H3,(H,18,19). The molecule has 6 rings (SSSR count). The molecule has 2 aliphatic heterocycles. The molecule has 4 aromatic heterocycles. The second-order valence-corrected chi connectivity index (χ2v) is 11.1. The van der Waals surface area contributed by atoms with Crippen LogP contribution in [0.15, 0.2) is 61.2 Å². The summed E-state index contributed by atoms with van der Waals surface area (Å²) in [5.74, 6) is 0.129. The van der Waals surface area contributed by atoms with Crippen LogP contribution in [0.5, 0.6) is 0 Å². The zero-order valence-electron chi connectivity index (χ0n) is 23.3. The molecule has 4 aromatic rings. The van der Waals surface area contributed by atoms with E-state index in [0.717, 1.165) is 56.4 Å². The van der Waals surface area contributed by atoms with E-state index in [0.29, 0.717) is 0 Å². The molecule has 8 heteroatoms. The van der Waals surface area contributed by atoms with Crippen molar-refractivity contribution in [3.63, 3.8) is 0 Å². The first-order chi connectivity index (χ1) is 18.4. The third-order valence-electron chi connectivity index (χ3n) is 7.53. The molecule has 0 saturated carbocycles. The minimum Gasteiger partial charge on any atom is -0.325 e. The fraction of sp³-hybridized carbons (Fsp3) is 0.290. The summed E-state index contributed by atoms with van der Waals surface area (Å²) in [4.78, 5) is 43.3. The van der Waals surface area contributed by atoms with Gasteiger partial charge in [0.15, 0.2) is 0 Å². The fourth-order valence-electron chi connectivity index (χ4n) is 5.03. The number of pyridine rings is 4. The topological polar surface area (TPSA) is 101 Å². The third kappa shape index (κ3) is 4.56. The lowest BCUT2D eigenvalue weighted by molar-refractivity contribution is -0.122. The lowest BCUT2D eigenvalue weighted by atomic mass is 9.87. The Morgan fingerprint density at radius 3 is 1.82 bits per heavy atom. The van der Waals surface area contributed by atoms with Crippen molar-refractivity contribution in [2.45, 2.75) is 52.4 Å². The zero-order valence-corrected chi connectivity index (χ0v) is 23.3. The molecule has 0 saturated heterocycles. The van der Waals surface area contributed by atoms with Crippen LogP contribution in [0.2, 0.25) is 0 Å². The van der Waals surface area contributed by atoms with Crippen LogP contribution in [0.25, 0.3) is 22.5 Å². The summed E-state index contributed by atoms with van der Waals surface area (Å²) in [5, 5.41) is 2.92.